The molecule has 0 bridgehead atoms. The van der Waals surface area contributed by atoms with Crippen LogP contribution in [-0.4, -0.2) is 31.1 Å². The molecule has 0 amide bonds. The normalized spacial score (nSPS) is 19.7. The molecule has 1 saturated heterocycles. The molecule has 1 atom stereocenters. The molecule has 1 aromatic carbocycles. The van der Waals surface area contributed by atoms with Gasteiger partial charge in [-0.05, 0) is 37.1 Å². The molecular formula is C15H18N2O2. The van der Waals surface area contributed by atoms with Crippen LogP contribution in [0, 0.1) is 17.2 Å². The quantitative estimate of drug-likeness (QED) is 0.777. The van der Waals surface area contributed by atoms with Crippen LogP contribution in [0.15, 0.2) is 24.3 Å². The second-order valence-electron chi connectivity index (χ2n) is 4.91. The molecule has 1 fully saturated rings. The van der Waals surface area contributed by atoms with Crippen LogP contribution < -0.4 is 0 Å². The topological polar surface area (TPSA) is 53.3 Å². The van der Waals surface area contributed by atoms with Crippen LogP contribution in [0.5, 0.6) is 0 Å². The lowest BCUT2D eigenvalue weighted by Crippen LogP contribution is -2.38. The first-order valence-corrected chi connectivity index (χ1v) is 6.52. The SMILES string of the molecule is COC(=O)[C@H]1CCCN(Cc2ccc(C#N)cc2)C1. The predicted octanol–water partition coefficient (Wildman–Crippen LogP) is 1.94. The number of ether oxygens (including phenoxy) is 1. The third kappa shape index (κ3) is 3.55. The number of nitrogens with zero attached hydrogens (tertiary/aromatic N) is 2. The highest BCUT2D eigenvalue weighted by Crippen LogP contribution is 2.19. The Bertz CT molecular complexity index is 476. The average Bonchev–Trinajstić information content (AvgIpc) is 2.47. The molecule has 1 aliphatic rings. The van der Waals surface area contributed by atoms with E-state index in [0.717, 1.165) is 32.5 Å². The largest absolute Gasteiger partial charge is 0.469 e. The van der Waals surface area contributed by atoms with Crippen molar-refractivity contribution in [1.82, 2.24) is 4.90 Å². The zero-order valence-corrected chi connectivity index (χ0v) is 11.1. The smallest absolute Gasteiger partial charge is 0.309 e. The molecule has 0 radical (unpaired) electrons. The zero-order chi connectivity index (χ0) is 13.7. The molecule has 4 nitrogen and oxygen atoms in total. The van der Waals surface area contributed by atoms with E-state index in [1.807, 2.05) is 24.3 Å². The molecule has 0 unspecified atom stereocenters. The van der Waals surface area contributed by atoms with Gasteiger partial charge in [-0.15, -0.1) is 0 Å². The van der Waals surface area contributed by atoms with E-state index >= 15 is 0 Å². The van der Waals surface area contributed by atoms with Crippen molar-refractivity contribution in [3.63, 3.8) is 0 Å². The van der Waals surface area contributed by atoms with Gasteiger partial charge < -0.3 is 4.74 Å². The van der Waals surface area contributed by atoms with Gasteiger partial charge in [-0.3, -0.25) is 9.69 Å². The van der Waals surface area contributed by atoms with E-state index in [4.69, 9.17) is 10.00 Å². The van der Waals surface area contributed by atoms with Gasteiger partial charge in [0.2, 0.25) is 0 Å². The van der Waals surface area contributed by atoms with Crippen LogP contribution in [-0.2, 0) is 16.1 Å². The Labute approximate surface area is 113 Å². The summed E-state index contributed by atoms with van der Waals surface area (Å²) in [5.74, 6) is -0.110. The van der Waals surface area contributed by atoms with Crippen LogP contribution in [0.25, 0.3) is 0 Å². The number of methoxy groups -OCH3 is 1. The molecule has 0 aliphatic carbocycles. The molecule has 0 spiro atoms. The van der Waals surface area contributed by atoms with Crippen LogP contribution in [0.3, 0.4) is 0 Å². The number of carbonyl (C=O) groups excluding carboxylic acids is 1. The van der Waals surface area contributed by atoms with E-state index < -0.39 is 0 Å². The van der Waals surface area contributed by atoms with Gasteiger partial charge in [-0.25, -0.2) is 0 Å². The summed E-state index contributed by atoms with van der Waals surface area (Å²) < 4.78 is 4.82. The maximum absolute atomic E-state index is 11.6. The van der Waals surface area contributed by atoms with Crippen molar-refractivity contribution in [2.24, 2.45) is 5.92 Å². The molecule has 100 valence electrons. The summed E-state index contributed by atoms with van der Waals surface area (Å²) in [6.07, 6.45) is 1.94. The standard InChI is InChI=1S/C15H18N2O2/c1-19-15(18)14-3-2-8-17(11-14)10-13-6-4-12(9-16)5-7-13/h4-7,14H,2-3,8,10-11H2,1H3/t14-/m0/s1. The number of hydrogen-bond acceptors (Lipinski definition) is 4. The first-order chi connectivity index (χ1) is 9.22. The third-order valence-electron chi connectivity index (χ3n) is 3.53. The molecular weight excluding hydrogens is 240 g/mol. The summed E-state index contributed by atoms with van der Waals surface area (Å²) in [7, 11) is 1.45. The number of likely N-dealkylation sites (tertiary alicyclic amines) is 1. The minimum Gasteiger partial charge on any atom is -0.469 e. The molecule has 4 heteroatoms. The van der Waals surface area contributed by atoms with Crippen molar-refractivity contribution in [3.8, 4) is 6.07 Å². The van der Waals surface area contributed by atoms with Crippen LogP contribution in [0.4, 0.5) is 0 Å². The first-order valence-electron chi connectivity index (χ1n) is 6.52. The highest BCUT2D eigenvalue weighted by molar-refractivity contribution is 5.72. The van der Waals surface area contributed by atoms with E-state index in [9.17, 15) is 4.79 Å². The van der Waals surface area contributed by atoms with Gasteiger partial charge in [0, 0.05) is 13.1 Å². The number of piperidine rings is 1. The van der Waals surface area contributed by atoms with Crippen molar-refractivity contribution in [2.45, 2.75) is 19.4 Å². The summed E-state index contributed by atoms with van der Waals surface area (Å²) in [5, 5.41) is 8.76. The maximum Gasteiger partial charge on any atom is 0.309 e. The molecule has 0 N–H and O–H groups in total. The molecule has 0 saturated carbocycles. The minimum absolute atomic E-state index is 0.00266. The van der Waals surface area contributed by atoms with E-state index in [1.54, 1.807) is 0 Å². The fraction of sp³-hybridized carbons (Fsp3) is 0.467. The Kier molecular flexibility index (Phi) is 4.53. The monoisotopic (exact) mass is 258 g/mol. The summed E-state index contributed by atoms with van der Waals surface area (Å²) in [4.78, 5) is 13.8. The van der Waals surface area contributed by atoms with Gasteiger partial charge in [-0.1, -0.05) is 12.1 Å². The van der Waals surface area contributed by atoms with Gasteiger partial charge in [0.25, 0.3) is 0 Å². The lowest BCUT2D eigenvalue weighted by atomic mass is 9.97. The van der Waals surface area contributed by atoms with Crippen molar-refractivity contribution in [1.29, 1.82) is 5.26 Å². The molecule has 1 aromatic rings. The van der Waals surface area contributed by atoms with Crippen LogP contribution in [0.1, 0.15) is 24.0 Å². The molecule has 1 heterocycles. The summed E-state index contributed by atoms with van der Waals surface area (Å²) in [6, 6.07) is 9.72. The Morgan fingerprint density at radius 2 is 2.21 bits per heavy atom. The zero-order valence-electron chi connectivity index (χ0n) is 11.1. The summed E-state index contributed by atoms with van der Waals surface area (Å²) in [6.45, 7) is 2.58. The Morgan fingerprint density at radius 3 is 2.84 bits per heavy atom. The number of benzene rings is 1. The van der Waals surface area contributed by atoms with Crippen molar-refractivity contribution < 1.29 is 9.53 Å². The molecule has 1 aliphatic heterocycles. The second kappa shape index (κ2) is 6.35. The van der Waals surface area contributed by atoms with Crippen molar-refractivity contribution in [2.75, 3.05) is 20.2 Å². The van der Waals surface area contributed by atoms with Gasteiger partial charge in [0.15, 0.2) is 0 Å². The van der Waals surface area contributed by atoms with Gasteiger partial charge in [-0.2, -0.15) is 5.26 Å². The lowest BCUT2D eigenvalue weighted by Gasteiger charge is -2.31. The number of esters is 1. The number of nitriles is 1. The third-order valence-corrected chi connectivity index (χ3v) is 3.53. The van der Waals surface area contributed by atoms with E-state index in [-0.39, 0.29) is 11.9 Å². The lowest BCUT2D eigenvalue weighted by molar-refractivity contribution is -0.147. The fourth-order valence-electron chi connectivity index (χ4n) is 2.50. The van der Waals surface area contributed by atoms with E-state index in [2.05, 4.69) is 11.0 Å². The number of carbonyl (C=O) groups is 1. The van der Waals surface area contributed by atoms with Gasteiger partial charge in [0.05, 0.1) is 24.7 Å². The highest BCUT2D eigenvalue weighted by Gasteiger charge is 2.26. The van der Waals surface area contributed by atoms with Crippen molar-refractivity contribution >= 4 is 5.97 Å². The fourth-order valence-corrected chi connectivity index (χ4v) is 2.50. The van der Waals surface area contributed by atoms with Crippen LogP contribution in [0.2, 0.25) is 0 Å². The van der Waals surface area contributed by atoms with Crippen LogP contribution >= 0.6 is 0 Å². The van der Waals surface area contributed by atoms with E-state index in [0.29, 0.717) is 5.56 Å². The second-order valence-corrected chi connectivity index (χ2v) is 4.91. The molecule has 19 heavy (non-hydrogen) atoms. The maximum atomic E-state index is 11.6. The average molecular weight is 258 g/mol. The molecule has 0 aromatic heterocycles. The number of rotatable bonds is 3. The molecule has 2 rings (SSSR count). The summed E-state index contributed by atoms with van der Waals surface area (Å²) in [5.41, 5.74) is 1.85. The minimum atomic E-state index is -0.107. The summed E-state index contributed by atoms with van der Waals surface area (Å²) >= 11 is 0. The van der Waals surface area contributed by atoms with Crippen molar-refractivity contribution in [3.05, 3.63) is 35.4 Å². The number of hydrogen-bond donors (Lipinski definition) is 0. The van der Waals surface area contributed by atoms with E-state index in [1.165, 1.54) is 12.7 Å². The van der Waals surface area contributed by atoms with Gasteiger partial charge in [0.1, 0.15) is 0 Å². The predicted molar refractivity (Wildman–Crippen MR) is 71.2 cm³/mol. The first kappa shape index (κ1) is 13.6. The van der Waals surface area contributed by atoms with Gasteiger partial charge >= 0.3 is 5.97 Å². The Morgan fingerprint density at radius 1 is 1.47 bits per heavy atom. The Hall–Kier alpha value is -1.86. The highest BCUT2D eigenvalue weighted by atomic mass is 16.5. The Balaban J connectivity index is 1.94.